The van der Waals surface area contributed by atoms with Crippen molar-refractivity contribution in [2.24, 2.45) is 0 Å². The highest BCUT2D eigenvalue weighted by Gasteiger charge is 2.31. The third kappa shape index (κ3) is 6.93. The first kappa shape index (κ1) is 21.3. The van der Waals surface area contributed by atoms with Crippen LogP contribution in [0.15, 0.2) is 24.3 Å². The summed E-state index contributed by atoms with van der Waals surface area (Å²) in [5.74, 6) is -0.302. The Labute approximate surface area is 158 Å². The molecule has 1 unspecified atom stereocenters. The predicted molar refractivity (Wildman–Crippen MR) is 97.6 cm³/mol. The smallest absolute Gasteiger partial charge is 0.406 e. The van der Waals surface area contributed by atoms with Gasteiger partial charge in [0.25, 0.3) is 0 Å². The van der Waals surface area contributed by atoms with Gasteiger partial charge in [-0.3, -0.25) is 4.90 Å². The van der Waals surface area contributed by atoms with Crippen LogP contribution in [-0.2, 0) is 0 Å². The van der Waals surface area contributed by atoms with Gasteiger partial charge in [-0.1, -0.05) is 12.1 Å². The molecule has 2 rings (SSSR count). The van der Waals surface area contributed by atoms with Gasteiger partial charge in [-0.2, -0.15) is 0 Å². The number of hydrogen-bond donors (Lipinski definition) is 2. The van der Waals surface area contributed by atoms with Crippen LogP contribution in [0.5, 0.6) is 5.75 Å². The van der Waals surface area contributed by atoms with Gasteiger partial charge in [0.15, 0.2) is 0 Å². The Morgan fingerprint density at radius 1 is 1.22 bits per heavy atom. The number of ether oxygens (including phenoxy) is 1. The van der Waals surface area contributed by atoms with Gasteiger partial charge in [0.1, 0.15) is 5.75 Å². The average Bonchev–Trinajstić information content (AvgIpc) is 2.53. The van der Waals surface area contributed by atoms with E-state index in [2.05, 4.69) is 41.0 Å². The Bertz CT molecular complexity index is 636. The summed E-state index contributed by atoms with van der Waals surface area (Å²) in [5, 5.41) is 5.73. The molecule has 1 aromatic rings. The molecule has 0 spiro atoms. The number of nitrogens with one attached hydrogen (secondary N) is 2. The fourth-order valence-electron chi connectivity index (χ4n) is 3.18. The fraction of sp³-hybridized carbons (Fsp3) is 0.632. The summed E-state index contributed by atoms with van der Waals surface area (Å²) in [6.45, 7) is 10.1. The Morgan fingerprint density at radius 2 is 1.85 bits per heavy atom. The number of halogens is 3. The maximum atomic E-state index is 12.3. The second-order valence-corrected chi connectivity index (χ2v) is 7.89. The van der Waals surface area contributed by atoms with E-state index in [1.807, 2.05) is 0 Å². The first-order chi connectivity index (χ1) is 12.4. The third-order valence-corrected chi connectivity index (χ3v) is 4.72. The van der Waals surface area contributed by atoms with E-state index in [-0.39, 0.29) is 23.4 Å². The molecule has 27 heavy (non-hydrogen) atoms. The monoisotopic (exact) mass is 387 g/mol. The summed E-state index contributed by atoms with van der Waals surface area (Å²) < 4.78 is 40.9. The minimum atomic E-state index is -4.74. The normalized spacial score (nSPS) is 18.0. The van der Waals surface area contributed by atoms with Crippen molar-refractivity contribution in [1.29, 1.82) is 0 Å². The van der Waals surface area contributed by atoms with Crippen LogP contribution in [0.4, 0.5) is 18.0 Å². The number of carbonyl (C=O) groups is 1. The van der Waals surface area contributed by atoms with Gasteiger partial charge in [-0.15, -0.1) is 13.2 Å². The van der Waals surface area contributed by atoms with Crippen LogP contribution in [0.1, 0.15) is 52.1 Å². The van der Waals surface area contributed by atoms with Crippen LogP contribution in [-0.4, -0.2) is 42.0 Å². The molecule has 2 N–H and O–H groups in total. The minimum absolute atomic E-state index is 0.0932. The molecule has 0 aliphatic carbocycles. The summed E-state index contributed by atoms with van der Waals surface area (Å²) in [7, 11) is 0. The highest BCUT2D eigenvalue weighted by molar-refractivity contribution is 5.74. The zero-order valence-corrected chi connectivity index (χ0v) is 16.2. The molecule has 1 saturated heterocycles. The number of urea groups is 1. The van der Waals surface area contributed by atoms with E-state index in [4.69, 9.17) is 0 Å². The molecule has 8 heteroatoms. The number of carbonyl (C=O) groups excluding carboxylic acids is 1. The largest absolute Gasteiger partial charge is 0.573 e. The molecule has 1 aliphatic rings. The zero-order valence-electron chi connectivity index (χ0n) is 16.2. The quantitative estimate of drug-likeness (QED) is 0.814. The molecular weight excluding hydrogens is 359 g/mol. The highest BCUT2D eigenvalue weighted by Crippen LogP contribution is 2.25. The molecule has 0 bridgehead atoms. The SMILES string of the molecule is CC(NC(=O)NC1CCN(C(C)(C)C)CC1)c1cccc(OC(F)(F)F)c1. The molecule has 0 radical (unpaired) electrons. The second kappa shape index (κ2) is 8.37. The lowest BCUT2D eigenvalue weighted by Gasteiger charge is -2.41. The van der Waals surface area contributed by atoms with Gasteiger partial charge in [0.2, 0.25) is 0 Å². The van der Waals surface area contributed by atoms with Crippen molar-refractivity contribution < 1.29 is 22.7 Å². The summed E-state index contributed by atoms with van der Waals surface area (Å²) in [4.78, 5) is 14.6. The van der Waals surface area contributed by atoms with E-state index in [1.54, 1.807) is 13.0 Å². The number of hydrogen-bond acceptors (Lipinski definition) is 3. The van der Waals surface area contributed by atoms with E-state index < -0.39 is 12.4 Å². The van der Waals surface area contributed by atoms with Gasteiger partial charge in [0.05, 0.1) is 6.04 Å². The molecule has 2 amide bonds. The lowest BCUT2D eigenvalue weighted by Crippen LogP contribution is -2.52. The molecule has 152 valence electrons. The van der Waals surface area contributed by atoms with Gasteiger partial charge >= 0.3 is 12.4 Å². The molecule has 1 aromatic carbocycles. The number of rotatable bonds is 4. The fourth-order valence-corrected chi connectivity index (χ4v) is 3.18. The third-order valence-electron chi connectivity index (χ3n) is 4.72. The lowest BCUT2D eigenvalue weighted by atomic mass is 9.98. The Balaban J connectivity index is 1.85. The van der Waals surface area contributed by atoms with E-state index in [0.717, 1.165) is 25.9 Å². The maximum absolute atomic E-state index is 12.3. The van der Waals surface area contributed by atoms with Crippen molar-refractivity contribution in [3.8, 4) is 5.75 Å². The summed E-state index contributed by atoms with van der Waals surface area (Å²) in [6, 6.07) is 4.95. The lowest BCUT2D eigenvalue weighted by molar-refractivity contribution is -0.274. The number of piperidine rings is 1. The van der Waals surface area contributed by atoms with Crippen LogP contribution >= 0.6 is 0 Å². The van der Waals surface area contributed by atoms with Crippen LogP contribution in [0.25, 0.3) is 0 Å². The van der Waals surface area contributed by atoms with Crippen molar-refractivity contribution in [3.63, 3.8) is 0 Å². The highest BCUT2D eigenvalue weighted by atomic mass is 19.4. The molecular formula is C19H28F3N3O2. The number of nitrogens with zero attached hydrogens (tertiary/aromatic N) is 1. The van der Waals surface area contributed by atoms with Crippen molar-refractivity contribution >= 4 is 6.03 Å². The number of benzene rings is 1. The molecule has 1 heterocycles. The maximum Gasteiger partial charge on any atom is 0.573 e. The van der Waals surface area contributed by atoms with E-state index >= 15 is 0 Å². The Morgan fingerprint density at radius 3 is 2.41 bits per heavy atom. The molecule has 1 aliphatic heterocycles. The molecule has 0 saturated carbocycles. The number of amides is 2. The first-order valence-corrected chi connectivity index (χ1v) is 9.12. The van der Waals surface area contributed by atoms with Gasteiger partial charge < -0.3 is 15.4 Å². The zero-order chi connectivity index (χ0) is 20.2. The van der Waals surface area contributed by atoms with Crippen molar-refractivity contribution in [2.45, 2.75) is 64.5 Å². The van der Waals surface area contributed by atoms with E-state index in [9.17, 15) is 18.0 Å². The first-order valence-electron chi connectivity index (χ1n) is 9.12. The Hall–Kier alpha value is -1.96. The van der Waals surface area contributed by atoms with Gasteiger partial charge in [0, 0.05) is 24.7 Å². The van der Waals surface area contributed by atoms with Crippen molar-refractivity contribution in [3.05, 3.63) is 29.8 Å². The van der Waals surface area contributed by atoms with Crippen molar-refractivity contribution in [1.82, 2.24) is 15.5 Å². The number of alkyl halides is 3. The van der Waals surface area contributed by atoms with Crippen molar-refractivity contribution in [2.75, 3.05) is 13.1 Å². The topological polar surface area (TPSA) is 53.6 Å². The van der Waals surface area contributed by atoms with Crippen LogP contribution in [0.2, 0.25) is 0 Å². The van der Waals surface area contributed by atoms with E-state index in [1.165, 1.54) is 18.2 Å². The average molecular weight is 387 g/mol. The standard InChI is InChI=1S/C19H28F3N3O2/c1-13(14-6-5-7-16(12-14)27-19(20,21)22)23-17(26)24-15-8-10-25(11-9-15)18(2,3)4/h5-7,12-13,15H,8-11H2,1-4H3,(H2,23,24,26). The molecule has 1 fully saturated rings. The second-order valence-electron chi connectivity index (χ2n) is 7.89. The summed E-state index contributed by atoms with van der Waals surface area (Å²) >= 11 is 0. The van der Waals surface area contributed by atoms with Crippen LogP contribution < -0.4 is 15.4 Å². The summed E-state index contributed by atoms with van der Waals surface area (Å²) in [6.07, 6.45) is -3.00. The molecule has 1 atom stereocenters. The predicted octanol–water partition coefficient (Wildman–Crippen LogP) is 4.21. The molecule has 0 aromatic heterocycles. The van der Waals surface area contributed by atoms with Crippen LogP contribution in [0.3, 0.4) is 0 Å². The minimum Gasteiger partial charge on any atom is -0.406 e. The van der Waals surface area contributed by atoms with E-state index in [0.29, 0.717) is 5.56 Å². The summed E-state index contributed by atoms with van der Waals surface area (Å²) in [5.41, 5.74) is 0.653. The number of likely N-dealkylation sites (tertiary alicyclic amines) is 1. The molecule has 5 nitrogen and oxygen atoms in total. The van der Waals surface area contributed by atoms with Gasteiger partial charge in [-0.05, 0) is 58.2 Å². The van der Waals surface area contributed by atoms with Crippen LogP contribution in [0, 0.1) is 0 Å². The Kier molecular flexibility index (Phi) is 6.62. The van der Waals surface area contributed by atoms with Gasteiger partial charge in [-0.25, -0.2) is 4.79 Å².